The summed E-state index contributed by atoms with van der Waals surface area (Å²) in [6.45, 7) is -0.0748. The van der Waals surface area contributed by atoms with Crippen molar-refractivity contribution in [2.24, 2.45) is 0 Å². The SMILES string of the molecule is COCc1ncnc(C(=O)O)c1F. The van der Waals surface area contributed by atoms with E-state index in [2.05, 4.69) is 14.7 Å². The summed E-state index contributed by atoms with van der Waals surface area (Å²) < 4.78 is 17.7. The molecule has 0 spiro atoms. The Morgan fingerprint density at radius 1 is 1.69 bits per heavy atom. The number of hydrogen-bond acceptors (Lipinski definition) is 4. The Hall–Kier alpha value is -1.56. The molecule has 0 aliphatic heterocycles. The fourth-order valence-corrected chi connectivity index (χ4v) is 0.793. The zero-order valence-corrected chi connectivity index (χ0v) is 6.82. The zero-order chi connectivity index (χ0) is 9.84. The summed E-state index contributed by atoms with van der Waals surface area (Å²) in [7, 11) is 1.36. The Morgan fingerprint density at radius 2 is 2.38 bits per heavy atom. The monoisotopic (exact) mass is 186 g/mol. The van der Waals surface area contributed by atoms with Crippen molar-refractivity contribution in [2.45, 2.75) is 6.61 Å². The van der Waals surface area contributed by atoms with Gasteiger partial charge in [0, 0.05) is 7.11 Å². The highest BCUT2D eigenvalue weighted by Crippen LogP contribution is 2.08. The van der Waals surface area contributed by atoms with Crippen molar-refractivity contribution < 1.29 is 19.0 Å². The van der Waals surface area contributed by atoms with Gasteiger partial charge < -0.3 is 9.84 Å². The Balaban J connectivity index is 3.10. The molecule has 1 N–H and O–H groups in total. The maximum Gasteiger partial charge on any atom is 0.357 e. The molecule has 70 valence electrons. The second-order valence-electron chi connectivity index (χ2n) is 2.22. The number of hydrogen-bond donors (Lipinski definition) is 1. The van der Waals surface area contributed by atoms with E-state index in [1.54, 1.807) is 0 Å². The second kappa shape index (κ2) is 3.90. The van der Waals surface area contributed by atoms with Crippen LogP contribution < -0.4 is 0 Å². The number of carboxylic acid groups (broad SMARTS) is 1. The first-order valence-electron chi connectivity index (χ1n) is 3.38. The van der Waals surface area contributed by atoms with Crippen molar-refractivity contribution in [3.8, 4) is 0 Å². The quantitative estimate of drug-likeness (QED) is 0.742. The van der Waals surface area contributed by atoms with Crippen LogP contribution in [0.5, 0.6) is 0 Å². The minimum absolute atomic E-state index is 0.0603. The van der Waals surface area contributed by atoms with Gasteiger partial charge in [0.25, 0.3) is 0 Å². The van der Waals surface area contributed by atoms with Crippen molar-refractivity contribution in [1.82, 2.24) is 9.97 Å². The molecule has 6 heteroatoms. The van der Waals surface area contributed by atoms with Crippen molar-refractivity contribution in [2.75, 3.05) is 7.11 Å². The van der Waals surface area contributed by atoms with Crippen LogP contribution in [-0.2, 0) is 11.3 Å². The molecule has 0 radical (unpaired) electrons. The minimum Gasteiger partial charge on any atom is -0.476 e. The van der Waals surface area contributed by atoms with E-state index in [-0.39, 0.29) is 12.3 Å². The molecule has 0 aliphatic rings. The molecule has 1 aromatic heterocycles. The van der Waals surface area contributed by atoms with Gasteiger partial charge in [-0.15, -0.1) is 0 Å². The van der Waals surface area contributed by atoms with Crippen molar-refractivity contribution in [3.63, 3.8) is 0 Å². The van der Waals surface area contributed by atoms with Crippen LogP contribution in [-0.4, -0.2) is 28.2 Å². The normalized spacial score (nSPS) is 10.0. The zero-order valence-electron chi connectivity index (χ0n) is 6.82. The van der Waals surface area contributed by atoms with Crippen molar-refractivity contribution in [3.05, 3.63) is 23.5 Å². The second-order valence-corrected chi connectivity index (χ2v) is 2.22. The van der Waals surface area contributed by atoms with Gasteiger partial charge in [-0.25, -0.2) is 19.2 Å². The summed E-state index contributed by atoms with van der Waals surface area (Å²) in [4.78, 5) is 17.2. The minimum atomic E-state index is -1.42. The molecule has 0 saturated heterocycles. The Kier molecular flexibility index (Phi) is 2.86. The smallest absolute Gasteiger partial charge is 0.357 e. The van der Waals surface area contributed by atoms with E-state index in [1.807, 2.05) is 0 Å². The molecule has 0 atom stereocenters. The Bertz CT molecular complexity index is 330. The maximum atomic E-state index is 13.1. The van der Waals surface area contributed by atoms with Crippen LogP contribution in [0.15, 0.2) is 6.33 Å². The van der Waals surface area contributed by atoms with Gasteiger partial charge in [0.1, 0.15) is 12.0 Å². The number of aromatic carboxylic acids is 1. The molecule has 13 heavy (non-hydrogen) atoms. The number of ether oxygens (including phenoxy) is 1. The molecule has 5 nitrogen and oxygen atoms in total. The molecule has 1 aromatic rings. The van der Waals surface area contributed by atoms with Gasteiger partial charge in [-0.1, -0.05) is 0 Å². The number of nitrogens with zero attached hydrogens (tertiary/aromatic N) is 2. The lowest BCUT2D eigenvalue weighted by Gasteiger charge is -2.01. The lowest BCUT2D eigenvalue weighted by atomic mass is 10.3. The standard InChI is InChI=1S/C7H7FN2O3/c1-13-2-4-5(8)6(7(11)12)10-3-9-4/h3H,2H2,1H3,(H,11,12). The fourth-order valence-electron chi connectivity index (χ4n) is 0.793. The maximum absolute atomic E-state index is 13.1. The summed E-state index contributed by atoms with van der Waals surface area (Å²) in [5.41, 5.74) is -0.697. The third-order valence-corrected chi connectivity index (χ3v) is 1.35. The molecule has 0 fully saturated rings. The largest absolute Gasteiger partial charge is 0.476 e. The molecule has 0 aromatic carbocycles. The van der Waals surface area contributed by atoms with Crippen LogP contribution in [0.2, 0.25) is 0 Å². The van der Waals surface area contributed by atoms with Gasteiger partial charge in [-0.3, -0.25) is 0 Å². The van der Waals surface area contributed by atoms with Gasteiger partial charge in [-0.2, -0.15) is 0 Å². The van der Waals surface area contributed by atoms with Gasteiger partial charge in [0.2, 0.25) is 0 Å². The molecule has 1 heterocycles. The van der Waals surface area contributed by atoms with Crippen LogP contribution in [0.25, 0.3) is 0 Å². The summed E-state index contributed by atoms with van der Waals surface area (Å²) in [6.07, 6.45) is 0.987. The number of halogens is 1. The summed E-state index contributed by atoms with van der Waals surface area (Å²) >= 11 is 0. The number of carbonyl (C=O) groups is 1. The number of rotatable bonds is 3. The third kappa shape index (κ3) is 1.97. The van der Waals surface area contributed by atoms with E-state index in [1.165, 1.54) is 7.11 Å². The Morgan fingerprint density at radius 3 is 2.92 bits per heavy atom. The molecule has 0 aliphatic carbocycles. The van der Waals surface area contributed by atoms with Crippen LogP contribution in [0.4, 0.5) is 4.39 Å². The molecular formula is C7H7FN2O3. The van der Waals surface area contributed by atoms with E-state index < -0.39 is 17.5 Å². The summed E-state index contributed by atoms with van der Waals surface area (Å²) in [5, 5.41) is 8.49. The van der Waals surface area contributed by atoms with Crippen LogP contribution in [0.1, 0.15) is 16.2 Å². The molecule has 0 unspecified atom stereocenters. The Labute approximate surface area is 73.2 Å². The van der Waals surface area contributed by atoms with Crippen LogP contribution >= 0.6 is 0 Å². The lowest BCUT2D eigenvalue weighted by molar-refractivity contribution is 0.0683. The average Bonchev–Trinajstić information content (AvgIpc) is 2.08. The topological polar surface area (TPSA) is 72.3 Å². The molecule has 1 rings (SSSR count). The highest BCUT2D eigenvalue weighted by molar-refractivity contribution is 5.85. The van der Waals surface area contributed by atoms with E-state index in [0.717, 1.165) is 6.33 Å². The predicted octanol–water partition coefficient (Wildman–Crippen LogP) is 0.460. The van der Waals surface area contributed by atoms with E-state index in [0.29, 0.717) is 0 Å². The first-order chi connectivity index (χ1) is 6.16. The van der Waals surface area contributed by atoms with Gasteiger partial charge >= 0.3 is 5.97 Å². The molecular weight excluding hydrogens is 179 g/mol. The van der Waals surface area contributed by atoms with Gasteiger partial charge in [0.15, 0.2) is 11.5 Å². The van der Waals surface area contributed by atoms with Crippen molar-refractivity contribution in [1.29, 1.82) is 0 Å². The first kappa shape index (κ1) is 9.53. The summed E-state index contributed by atoms with van der Waals surface area (Å²) in [5.74, 6) is -2.37. The average molecular weight is 186 g/mol. The first-order valence-corrected chi connectivity index (χ1v) is 3.38. The highest BCUT2D eigenvalue weighted by Gasteiger charge is 2.16. The summed E-state index contributed by atoms with van der Waals surface area (Å²) in [6, 6.07) is 0. The predicted molar refractivity (Wildman–Crippen MR) is 39.7 cm³/mol. The number of carboxylic acids is 1. The van der Waals surface area contributed by atoms with Crippen LogP contribution in [0.3, 0.4) is 0 Å². The molecule has 0 bridgehead atoms. The fraction of sp³-hybridized carbons (Fsp3) is 0.286. The van der Waals surface area contributed by atoms with E-state index >= 15 is 0 Å². The van der Waals surface area contributed by atoms with Gasteiger partial charge in [0.05, 0.1) is 6.61 Å². The number of aromatic nitrogens is 2. The highest BCUT2D eigenvalue weighted by atomic mass is 19.1. The van der Waals surface area contributed by atoms with Crippen LogP contribution in [0, 0.1) is 5.82 Å². The molecule has 0 saturated carbocycles. The lowest BCUT2D eigenvalue weighted by Crippen LogP contribution is -2.09. The van der Waals surface area contributed by atoms with E-state index in [9.17, 15) is 9.18 Å². The van der Waals surface area contributed by atoms with Crippen molar-refractivity contribution >= 4 is 5.97 Å². The number of methoxy groups -OCH3 is 1. The van der Waals surface area contributed by atoms with E-state index in [4.69, 9.17) is 5.11 Å². The molecule has 0 amide bonds. The third-order valence-electron chi connectivity index (χ3n) is 1.35. The van der Waals surface area contributed by atoms with Gasteiger partial charge in [-0.05, 0) is 0 Å².